The van der Waals surface area contributed by atoms with E-state index in [1.165, 1.54) is 0 Å². The maximum atomic E-state index is 12.3. The lowest BCUT2D eigenvalue weighted by atomic mass is 10.1. The second-order valence-electron chi connectivity index (χ2n) is 5.88. The Balaban J connectivity index is 1.87. The highest BCUT2D eigenvalue weighted by molar-refractivity contribution is 8.19. The molecular formula is C17H18N4O2S2. The molecule has 0 unspecified atom stereocenters. The van der Waals surface area contributed by atoms with Crippen LogP contribution in [0.4, 0.5) is 0 Å². The zero-order valence-electron chi connectivity index (χ0n) is 14.1. The van der Waals surface area contributed by atoms with E-state index in [2.05, 4.69) is 23.2 Å². The lowest BCUT2D eigenvalue weighted by Gasteiger charge is -2.24. The maximum absolute atomic E-state index is 12.3. The van der Waals surface area contributed by atoms with Crippen molar-refractivity contribution in [2.24, 2.45) is 15.3 Å². The van der Waals surface area contributed by atoms with Gasteiger partial charge in [0.05, 0.1) is 24.6 Å². The number of methoxy groups -OCH3 is 1. The van der Waals surface area contributed by atoms with Crippen molar-refractivity contribution in [3.8, 4) is 5.75 Å². The number of aliphatic imine (C=N–C) groups is 1. The molecule has 0 saturated heterocycles. The SMILES string of the molecule is COc1ccc(/C=C2/C(=N)N3C(SCC(C)C)=NSC3=NC2=O)cc1. The molecule has 6 nitrogen and oxygen atoms in total. The zero-order chi connectivity index (χ0) is 18.0. The molecule has 0 atom stereocenters. The molecule has 2 aliphatic rings. The fourth-order valence-electron chi connectivity index (χ4n) is 2.20. The number of nitrogens with one attached hydrogen (secondary N) is 1. The van der Waals surface area contributed by atoms with Gasteiger partial charge in [0.25, 0.3) is 5.91 Å². The van der Waals surface area contributed by atoms with E-state index in [0.29, 0.717) is 16.3 Å². The summed E-state index contributed by atoms with van der Waals surface area (Å²) >= 11 is 2.72. The van der Waals surface area contributed by atoms with Gasteiger partial charge < -0.3 is 4.74 Å². The first-order chi connectivity index (χ1) is 12.0. The molecule has 1 aromatic carbocycles. The smallest absolute Gasteiger partial charge is 0.283 e. The average molecular weight is 374 g/mol. The Morgan fingerprint density at radius 1 is 1.36 bits per heavy atom. The van der Waals surface area contributed by atoms with E-state index >= 15 is 0 Å². The van der Waals surface area contributed by atoms with E-state index in [1.54, 1.807) is 29.8 Å². The Hall–Kier alpha value is -2.06. The number of carbonyl (C=O) groups is 1. The molecule has 8 heteroatoms. The highest BCUT2D eigenvalue weighted by Gasteiger charge is 2.37. The average Bonchev–Trinajstić information content (AvgIpc) is 3.00. The van der Waals surface area contributed by atoms with Gasteiger partial charge in [-0.25, -0.2) is 4.90 Å². The first-order valence-corrected chi connectivity index (χ1v) is 9.51. The first-order valence-electron chi connectivity index (χ1n) is 7.75. The number of hydrogen-bond donors (Lipinski definition) is 1. The summed E-state index contributed by atoms with van der Waals surface area (Å²) in [5, 5.41) is 9.63. The molecule has 0 fully saturated rings. The second-order valence-corrected chi connectivity index (χ2v) is 7.60. The topological polar surface area (TPSA) is 78.1 Å². The second kappa shape index (κ2) is 7.45. The summed E-state index contributed by atoms with van der Waals surface area (Å²) in [6.45, 7) is 4.26. The van der Waals surface area contributed by atoms with Gasteiger partial charge in [0, 0.05) is 5.75 Å². The summed E-state index contributed by atoms with van der Waals surface area (Å²) in [6.07, 6.45) is 1.68. The van der Waals surface area contributed by atoms with Crippen molar-refractivity contribution in [1.29, 1.82) is 5.41 Å². The zero-order valence-corrected chi connectivity index (χ0v) is 15.8. The van der Waals surface area contributed by atoms with Crippen LogP contribution in [0.2, 0.25) is 0 Å². The molecule has 25 heavy (non-hydrogen) atoms. The number of thioether (sulfide) groups is 1. The Kier molecular flexibility index (Phi) is 5.29. The molecule has 0 aliphatic carbocycles. The summed E-state index contributed by atoms with van der Waals surface area (Å²) in [5.74, 6) is 1.84. The van der Waals surface area contributed by atoms with Gasteiger partial charge in [-0.3, -0.25) is 10.2 Å². The molecule has 1 N–H and O–H groups in total. The van der Waals surface area contributed by atoms with E-state index < -0.39 is 5.91 Å². The van der Waals surface area contributed by atoms with Gasteiger partial charge in [0.1, 0.15) is 11.6 Å². The molecular weight excluding hydrogens is 356 g/mol. The van der Waals surface area contributed by atoms with Gasteiger partial charge in [0.15, 0.2) is 5.17 Å². The van der Waals surface area contributed by atoms with Crippen LogP contribution >= 0.6 is 23.7 Å². The maximum Gasteiger partial charge on any atom is 0.283 e. The van der Waals surface area contributed by atoms with Crippen LogP contribution in [0.5, 0.6) is 5.75 Å². The highest BCUT2D eigenvalue weighted by Crippen LogP contribution is 2.32. The van der Waals surface area contributed by atoms with Crippen molar-refractivity contribution < 1.29 is 9.53 Å². The van der Waals surface area contributed by atoms with Crippen LogP contribution in [-0.4, -0.2) is 39.8 Å². The normalized spacial score (nSPS) is 18.6. The number of amidine groups is 3. The Labute approximate surface area is 155 Å². The molecule has 1 amide bonds. The predicted molar refractivity (Wildman–Crippen MR) is 105 cm³/mol. The minimum absolute atomic E-state index is 0.117. The monoisotopic (exact) mass is 374 g/mol. The minimum Gasteiger partial charge on any atom is -0.497 e. The molecule has 3 rings (SSSR count). The molecule has 0 saturated carbocycles. The lowest BCUT2D eigenvalue weighted by molar-refractivity contribution is -0.114. The van der Waals surface area contributed by atoms with Crippen molar-refractivity contribution in [3.05, 3.63) is 35.4 Å². The van der Waals surface area contributed by atoms with Crippen molar-refractivity contribution in [1.82, 2.24) is 4.90 Å². The lowest BCUT2D eigenvalue weighted by Crippen LogP contribution is -2.41. The van der Waals surface area contributed by atoms with Crippen molar-refractivity contribution in [3.63, 3.8) is 0 Å². The molecule has 2 aliphatic heterocycles. The number of benzene rings is 1. The van der Waals surface area contributed by atoms with E-state index in [9.17, 15) is 4.79 Å². The largest absolute Gasteiger partial charge is 0.497 e. The van der Waals surface area contributed by atoms with Crippen LogP contribution in [-0.2, 0) is 4.79 Å². The van der Waals surface area contributed by atoms with Crippen molar-refractivity contribution in [2.45, 2.75) is 13.8 Å². The Morgan fingerprint density at radius 2 is 2.08 bits per heavy atom. The molecule has 130 valence electrons. The molecule has 0 bridgehead atoms. The summed E-state index contributed by atoms with van der Waals surface area (Å²) in [4.78, 5) is 18.1. The molecule has 0 aromatic heterocycles. The van der Waals surface area contributed by atoms with E-state index in [0.717, 1.165) is 29.0 Å². The third-order valence-electron chi connectivity index (χ3n) is 3.47. The van der Waals surface area contributed by atoms with Crippen molar-refractivity contribution in [2.75, 3.05) is 12.9 Å². The van der Waals surface area contributed by atoms with Crippen LogP contribution in [0.1, 0.15) is 19.4 Å². The molecule has 2 heterocycles. The van der Waals surface area contributed by atoms with Gasteiger partial charge in [-0.2, -0.15) is 9.39 Å². The number of rotatable bonds is 4. The Bertz CT molecular complexity index is 797. The number of carbonyl (C=O) groups excluding carboxylic acids is 1. The van der Waals surface area contributed by atoms with E-state index in [-0.39, 0.29) is 11.4 Å². The number of amides is 1. The van der Waals surface area contributed by atoms with Crippen molar-refractivity contribution >= 4 is 51.9 Å². The highest BCUT2D eigenvalue weighted by atomic mass is 32.2. The fourth-order valence-corrected chi connectivity index (χ4v) is 4.00. The Morgan fingerprint density at radius 3 is 2.72 bits per heavy atom. The summed E-state index contributed by atoms with van der Waals surface area (Å²) in [5.41, 5.74) is 1.07. The van der Waals surface area contributed by atoms with Gasteiger partial charge in [-0.05, 0) is 29.7 Å². The third-order valence-corrected chi connectivity index (χ3v) is 5.65. The molecule has 1 aromatic rings. The van der Waals surface area contributed by atoms with Crippen LogP contribution in [0.15, 0.2) is 39.2 Å². The van der Waals surface area contributed by atoms with Gasteiger partial charge in [-0.15, -0.1) is 0 Å². The number of hydrogen-bond acceptors (Lipinski definition) is 6. The number of ether oxygens (including phenoxy) is 1. The minimum atomic E-state index is -0.412. The van der Waals surface area contributed by atoms with Crippen LogP contribution < -0.4 is 4.74 Å². The van der Waals surface area contributed by atoms with Gasteiger partial charge in [0.2, 0.25) is 5.17 Å². The van der Waals surface area contributed by atoms with Gasteiger partial charge >= 0.3 is 0 Å². The summed E-state index contributed by atoms with van der Waals surface area (Å²) < 4.78 is 9.49. The number of fused-ring (bicyclic) bond motifs is 1. The molecule has 0 radical (unpaired) electrons. The van der Waals surface area contributed by atoms with Crippen LogP contribution in [0.25, 0.3) is 6.08 Å². The van der Waals surface area contributed by atoms with E-state index in [4.69, 9.17) is 10.1 Å². The van der Waals surface area contributed by atoms with Crippen LogP contribution in [0, 0.1) is 11.3 Å². The quantitative estimate of drug-likeness (QED) is 0.643. The summed E-state index contributed by atoms with van der Waals surface area (Å²) in [7, 11) is 1.60. The summed E-state index contributed by atoms with van der Waals surface area (Å²) in [6, 6.07) is 7.31. The van der Waals surface area contributed by atoms with Crippen LogP contribution in [0.3, 0.4) is 0 Å². The first kappa shape index (κ1) is 17.8. The third kappa shape index (κ3) is 3.80. The van der Waals surface area contributed by atoms with E-state index in [1.807, 2.05) is 24.3 Å². The number of nitrogens with zero attached hydrogens (tertiary/aromatic N) is 3. The van der Waals surface area contributed by atoms with Gasteiger partial charge in [-0.1, -0.05) is 37.7 Å². The molecule has 0 spiro atoms. The fraction of sp³-hybridized carbons (Fsp3) is 0.294. The predicted octanol–water partition coefficient (Wildman–Crippen LogP) is 3.66. The standard InChI is InChI=1S/C17H18N4O2S2/c1-10(2)9-24-17-20-25-16-19-15(22)13(14(18)21(16)17)8-11-4-6-12(23-3)7-5-11/h4-8,10,18H,9H2,1-3H3/b13-8-,18-14?.